The Kier molecular flexibility index (Phi) is 4.48. The van der Waals surface area contributed by atoms with Gasteiger partial charge in [0.15, 0.2) is 11.5 Å². The van der Waals surface area contributed by atoms with Gasteiger partial charge in [-0.1, -0.05) is 18.2 Å². The summed E-state index contributed by atoms with van der Waals surface area (Å²) in [6.45, 7) is 0.503. The van der Waals surface area contributed by atoms with Gasteiger partial charge >= 0.3 is 0 Å². The fourth-order valence-electron chi connectivity index (χ4n) is 2.19. The predicted molar refractivity (Wildman–Crippen MR) is 79.4 cm³/mol. The van der Waals surface area contributed by atoms with E-state index in [4.69, 9.17) is 19.9 Å². The summed E-state index contributed by atoms with van der Waals surface area (Å²) in [6, 6.07) is 11.9. The number of hydrogen-bond donors (Lipinski definition) is 1. The molecule has 0 aromatic heterocycles. The standard InChI is InChI=1S/C16H19NO3/c1-18-14-8-7-13(15(19-2)16(14)20-3)12-6-4-5-11(9-12)10-17/h4-9H,10,17H2,1-3H3. The molecule has 0 saturated carbocycles. The second-order valence-corrected chi connectivity index (χ2v) is 4.29. The van der Waals surface area contributed by atoms with E-state index in [0.29, 0.717) is 23.8 Å². The van der Waals surface area contributed by atoms with Crippen molar-refractivity contribution in [1.82, 2.24) is 0 Å². The van der Waals surface area contributed by atoms with Crippen LogP contribution in [-0.4, -0.2) is 21.3 Å². The Labute approximate surface area is 119 Å². The van der Waals surface area contributed by atoms with Crippen LogP contribution >= 0.6 is 0 Å². The van der Waals surface area contributed by atoms with E-state index in [2.05, 4.69) is 0 Å². The Morgan fingerprint density at radius 1 is 0.900 bits per heavy atom. The Balaban J connectivity index is 2.61. The Bertz CT molecular complexity index is 596. The summed E-state index contributed by atoms with van der Waals surface area (Å²) in [4.78, 5) is 0. The van der Waals surface area contributed by atoms with Gasteiger partial charge in [-0.05, 0) is 29.3 Å². The molecule has 0 fully saturated rings. The second kappa shape index (κ2) is 6.30. The maximum atomic E-state index is 5.69. The van der Waals surface area contributed by atoms with Crippen molar-refractivity contribution in [3.8, 4) is 28.4 Å². The highest BCUT2D eigenvalue weighted by molar-refractivity contribution is 5.76. The molecule has 0 unspecified atom stereocenters. The van der Waals surface area contributed by atoms with E-state index >= 15 is 0 Å². The largest absolute Gasteiger partial charge is 0.493 e. The SMILES string of the molecule is COc1ccc(-c2cccc(CN)c2)c(OC)c1OC. The number of benzene rings is 2. The predicted octanol–water partition coefficient (Wildman–Crippen LogP) is 2.84. The molecule has 0 spiro atoms. The normalized spacial score (nSPS) is 10.2. The van der Waals surface area contributed by atoms with Crippen LogP contribution in [0.2, 0.25) is 0 Å². The maximum absolute atomic E-state index is 5.69. The number of ether oxygens (including phenoxy) is 3. The molecule has 0 atom stereocenters. The molecule has 2 aromatic carbocycles. The maximum Gasteiger partial charge on any atom is 0.203 e. The van der Waals surface area contributed by atoms with Crippen molar-refractivity contribution in [2.24, 2.45) is 5.73 Å². The lowest BCUT2D eigenvalue weighted by molar-refractivity contribution is 0.325. The van der Waals surface area contributed by atoms with Crippen LogP contribution in [0.4, 0.5) is 0 Å². The van der Waals surface area contributed by atoms with Crippen molar-refractivity contribution in [3.63, 3.8) is 0 Å². The van der Waals surface area contributed by atoms with Crippen LogP contribution in [0.25, 0.3) is 11.1 Å². The smallest absolute Gasteiger partial charge is 0.203 e. The first-order valence-corrected chi connectivity index (χ1v) is 6.33. The van der Waals surface area contributed by atoms with Gasteiger partial charge < -0.3 is 19.9 Å². The minimum absolute atomic E-state index is 0.503. The van der Waals surface area contributed by atoms with Crippen LogP contribution in [0.3, 0.4) is 0 Å². The number of hydrogen-bond acceptors (Lipinski definition) is 4. The Hall–Kier alpha value is -2.20. The molecule has 2 N–H and O–H groups in total. The first-order chi connectivity index (χ1) is 9.74. The summed E-state index contributed by atoms with van der Waals surface area (Å²) in [5.74, 6) is 1.88. The van der Waals surface area contributed by atoms with Crippen LogP contribution in [0.5, 0.6) is 17.2 Å². The molecule has 4 nitrogen and oxygen atoms in total. The van der Waals surface area contributed by atoms with Gasteiger partial charge in [0.25, 0.3) is 0 Å². The third-order valence-corrected chi connectivity index (χ3v) is 3.18. The van der Waals surface area contributed by atoms with Gasteiger partial charge in [0.2, 0.25) is 5.75 Å². The zero-order valence-electron chi connectivity index (χ0n) is 12.0. The van der Waals surface area contributed by atoms with Gasteiger partial charge in [-0.25, -0.2) is 0 Å². The molecule has 106 valence electrons. The van der Waals surface area contributed by atoms with Gasteiger partial charge in [0.1, 0.15) is 0 Å². The molecule has 0 aliphatic carbocycles. The highest BCUT2D eigenvalue weighted by atomic mass is 16.5. The van der Waals surface area contributed by atoms with Crippen LogP contribution in [0.1, 0.15) is 5.56 Å². The number of nitrogens with two attached hydrogens (primary N) is 1. The Morgan fingerprint density at radius 3 is 2.25 bits per heavy atom. The first-order valence-electron chi connectivity index (χ1n) is 6.33. The van der Waals surface area contributed by atoms with Gasteiger partial charge in [0.05, 0.1) is 21.3 Å². The zero-order valence-corrected chi connectivity index (χ0v) is 12.0. The lowest BCUT2D eigenvalue weighted by Crippen LogP contribution is -1.98. The molecule has 2 aromatic rings. The van der Waals surface area contributed by atoms with E-state index in [-0.39, 0.29) is 0 Å². The van der Waals surface area contributed by atoms with Gasteiger partial charge in [-0.2, -0.15) is 0 Å². The van der Waals surface area contributed by atoms with Gasteiger partial charge in [-0.3, -0.25) is 0 Å². The number of methoxy groups -OCH3 is 3. The molecule has 0 radical (unpaired) electrons. The minimum atomic E-state index is 0.503. The first kappa shape index (κ1) is 14.2. The molecule has 20 heavy (non-hydrogen) atoms. The highest BCUT2D eigenvalue weighted by Crippen LogP contribution is 2.44. The zero-order chi connectivity index (χ0) is 14.5. The quantitative estimate of drug-likeness (QED) is 0.910. The van der Waals surface area contributed by atoms with Crippen molar-refractivity contribution in [2.45, 2.75) is 6.54 Å². The van der Waals surface area contributed by atoms with E-state index in [1.54, 1.807) is 21.3 Å². The lowest BCUT2D eigenvalue weighted by atomic mass is 10.0. The van der Waals surface area contributed by atoms with E-state index in [9.17, 15) is 0 Å². The topological polar surface area (TPSA) is 53.7 Å². The average molecular weight is 273 g/mol. The third kappa shape index (κ3) is 2.56. The highest BCUT2D eigenvalue weighted by Gasteiger charge is 2.16. The monoisotopic (exact) mass is 273 g/mol. The van der Waals surface area contributed by atoms with Crippen LogP contribution in [0.15, 0.2) is 36.4 Å². The van der Waals surface area contributed by atoms with Crippen molar-refractivity contribution in [1.29, 1.82) is 0 Å². The fourth-order valence-corrected chi connectivity index (χ4v) is 2.19. The average Bonchev–Trinajstić information content (AvgIpc) is 2.53. The van der Waals surface area contributed by atoms with E-state index < -0.39 is 0 Å². The molecule has 0 saturated heterocycles. The molecule has 2 rings (SSSR count). The van der Waals surface area contributed by atoms with Crippen LogP contribution in [0, 0.1) is 0 Å². The summed E-state index contributed by atoms with van der Waals surface area (Å²) >= 11 is 0. The van der Waals surface area contributed by atoms with Crippen LogP contribution < -0.4 is 19.9 Å². The third-order valence-electron chi connectivity index (χ3n) is 3.18. The van der Waals surface area contributed by atoms with E-state index in [1.165, 1.54) is 0 Å². The molecule has 0 amide bonds. The summed E-state index contributed by atoms with van der Waals surface area (Å²) in [5, 5.41) is 0. The summed E-state index contributed by atoms with van der Waals surface area (Å²) in [5.41, 5.74) is 8.74. The van der Waals surface area contributed by atoms with Crippen molar-refractivity contribution >= 4 is 0 Å². The number of rotatable bonds is 5. The van der Waals surface area contributed by atoms with Crippen molar-refractivity contribution < 1.29 is 14.2 Å². The van der Waals surface area contributed by atoms with E-state index in [1.807, 2.05) is 36.4 Å². The summed E-state index contributed by atoms with van der Waals surface area (Å²) < 4.78 is 16.2. The molecule has 4 heteroatoms. The molecule has 0 aliphatic rings. The molecule has 0 aliphatic heterocycles. The molecular weight excluding hydrogens is 254 g/mol. The second-order valence-electron chi connectivity index (χ2n) is 4.29. The fraction of sp³-hybridized carbons (Fsp3) is 0.250. The van der Waals surface area contributed by atoms with Crippen molar-refractivity contribution in [2.75, 3.05) is 21.3 Å². The van der Waals surface area contributed by atoms with Gasteiger partial charge in [-0.15, -0.1) is 0 Å². The van der Waals surface area contributed by atoms with E-state index in [0.717, 1.165) is 16.7 Å². The van der Waals surface area contributed by atoms with Gasteiger partial charge in [0, 0.05) is 12.1 Å². The summed E-state index contributed by atoms with van der Waals surface area (Å²) in [7, 11) is 4.82. The van der Waals surface area contributed by atoms with Crippen LogP contribution in [-0.2, 0) is 6.54 Å². The van der Waals surface area contributed by atoms with Crippen molar-refractivity contribution in [3.05, 3.63) is 42.0 Å². The molecule has 0 bridgehead atoms. The summed E-state index contributed by atoms with van der Waals surface area (Å²) in [6.07, 6.45) is 0. The minimum Gasteiger partial charge on any atom is -0.493 e. The Morgan fingerprint density at radius 2 is 1.65 bits per heavy atom. The molecule has 0 heterocycles. The molecular formula is C16H19NO3. The lowest BCUT2D eigenvalue weighted by Gasteiger charge is -2.16.